The van der Waals surface area contributed by atoms with Crippen molar-refractivity contribution in [3.63, 3.8) is 0 Å². The van der Waals surface area contributed by atoms with Crippen LogP contribution in [0, 0.1) is 0 Å². The Bertz CT molecular complexity index is 275. The van der Waals surface area contributed by atoms with E-state index in [-0.39, 0.29) is 17.0 Å². The minimum Gasteiger partial charge on any atom is -0.444 e. The molecule has 1 aliphatic heterocycles. The standard InChI is InChI=1S/C11H18BrNO3/c1-11(2,3)16-10(15)13-6-4-5-9(13)8(12)7-14/h7-9H,4-6H2,1-3H3/t8?,9-/m0/s1. The van der Waals surface area contributed by atoms with Crippen LogP contribution in [0.15, 0.2) is 0 Å². The molecule has 0 bridgehead atoms. The lowest BCUT2D eigenvalue weighted by molar-refractivity contribution is -0.108. The Balaban J connectivity index is 2.64. The van der Waals surface area contributed by atoms with Crippen molar-refractivity contribution in [3.05, 3.63) is 0 Å². The van der Waals surface area contributed by atoms with Crippen LogP contribution in [0.5, 0.6) is 0 Å². The molecule has 2 atom stereocenters. The molecule has 1 saturated heterocycles. The van der Waals surface area contributed by atoms with Gasteiger partial charge in [-0.25, -0.2) is 4.79 Å². The number of halogens is 1. The van der Waals surface area contributed by atoms with Gasteiger partial charge in [0.05, 0.1) is 10.9 Å². The first kappa shape index (κ1) is 13.5. The van der Waals surface area contributed by atoms with Crippen LogP contribution in [-0.4, -0.2) is 40.3 Å². The topological polar surface area (TPSA) is 46.6 Å². The van der Waals surface area contributed by atoms with Crippen LogP contribution in [0.3, 0.4) is 0 Å². The number of aldehydes is 1. The first-order valence-corrected chi connectivity index (χ1v) is 6.35. The van der Waals surface area contributed by atoms with Gasteiger partial charge in [0.2, 0.25) is 0 Å². The van der Waals surface area contributed by atoms with Gasteiger partial charge in [0.1, 0.15) is 11.9 Å². The average molecular weight is 292 g/mol. The molecule has 16 heavy (non-hydrogen) atoms. The predicted molar refractivity (Wildman–Crippen MR) is 64.7 cm³/mol. The second-order valence-corrected chi connectivity index (χ2v) is 6.02. The lowest BCUT2D eigenvalue weighted by Crippen LogP contribution is -2.43. The Morgan fingerprint density at radius 2 is 2.19 bits per heavy atom. The summed E-state index contributed by atoms with van der Waals surface area (Å²) >= 11 is 3.27. The molecule has 1 unspecified atom stereocenters. The van der Waals surface area contributed by atoms with Gasteiger partial charge in [0, 0.05) is 6.54 Å². The smallest absolute Gasteiger partial charge is 0.410 e. The summed E-state index contributed by atoms with van der Waals surface area (Å²) in [5.74, 6) is 0. The molecule has 0 saturated carbocycles. The molecule has 1 heterocycles. The molecule has 0 aromatic rings. The third-order valence-corrected chi connectivity index (χ3v) is 3.25. The van der Waals surface area contributed by atoms with Crippen LogP contribution < -0.4 is 0 Å². The van der Waals surface area contributed by atoms with Crippen molar-refractivity contribution in [1.82, 2.24) is 4.90 Å². The first-order valence-electron chi connectivity index (χ1n) is 5.44. The van der Waals surface area contributed by atoms with E-state index in [1.807, 2.05) is 20.8 Å². The molecule has 1 amide bonds. The molecule has 0 aromatic carbocycles. The highest BCUT2D eigenvalue weighted by atomic mass is 79.9. The molecule has 1 fully saturated rings. The molecule has 4 nitrogen and oxygen atoms in total. The molecule has 1 aliphatic rings. The summed E-state index contributed by atoms with van der Waals surface area (Å²) in [6.07, 6.45) is 2.25. The van der Waals surface area contributed by atoms with Crippen LogP contribution in [0.25, 0.3) is 0 Å². The summed E-state index contributed by atoms with van der Waals surface area (Å²) in [5, 5.41) is 0. The minimum atomic E-state index is -0.493. The Labute approximate surface area is 104 Å². The fourth-order valence-corrected chi connectivity index (χ4v) is 2.31. The highest BCUT2D eigenvalue weighted by Crippen LogP contribution is 2.25. The maximum absolute atomic E-state index is 11.9. The zero-order chi connectivity index (χ0) is 12.3. The zero-order valence-corrected chi connectivity index (χ0v) is 11.5. The number of hydrogen-bond donors (Lipinski definition) is 0. The molecule has 5 heteroatoms. The van der Waals surface area contributed by atoms with Crippen LogP contribution in [-0.2, 0) is 9.53 Å². The van der Waals surface area contributed by atoms with E-state index in [9.17, 15) is 9.59 Å². The number of amides is 1. The SMILES string of the molecule is CC(C)(C)OC(=O)N1CCC[C@H]1C(Br)C=O. The minimum absolute atomic E-state index is 0.0765. The van der Waals surface area contributed by atoms with Gasteiger partial charge in [-0.05, 0) is 33.6 Å². The largest absolute Gasteiger partial charge is 0.444 e. The second kappa shape index (κ2) is 5.17. The molecular weight excluding hydrogens is 274 g/mol. The van der Waals surface area contributed by atoms with Crippen LogP contribution in [0.1, 0.15) is 33.6 Å². The van der Waals surface area contributed by atoms with E-state index in [4.69, 9.17) is 4.74 Å². The highest BCUT2D eigenvalue weighted by Gasteiger charge is 2.35. The molecule has 0 aromatic heterocycles. The normalized spacial score (nSPS) is 23.0. The van der Waals surface area contributed by atoms with Gasteiger partial charge < -0.3 is 14.4 Å². The van der Waals surface area contributed by atoms with Crippen molar-refractivity contribution in [2.45, 2.75) is 50.1 Å². The monoisotopic (exact) mass is 291 g/mol. The quantitative estimate of drug-likeness (QED) is 0.580. The number of nitrogens with zero attached hydrogens (tertiary/aromatic N) is 1. The van der Waals surface area contributed by atoms with Crippen LogP contribution in [0.4, 0.5) is 4.79 Å². The number of hydrogen-bond acceptors (Lipinski definition) is 3. The number of ether oxygens (including phenoxy) is 1. The highest BCUT2D eigenvalue weighted by molar-refractivity contribution is 9.10. The summed E-state index contributed by atoms with van der Waals surface area (Å²) in [5.41, 5.74) is -0.493. The van der Waals surface area contributed by atoms with Crippen molar-refractivity contribution < 1.29 is 14.3 Å². The van der Waals surface area contributed by atoms with Gasteiger partial charge in [0.25, 0.3) is 0 Å². The predicted octanol–water partition coefficient (Wildman–Crippen LogP) is 2.35. The Hall–Kier alpha value is -0.580. The van der Waals surface area contributed by atoms with E-state index in [0.717, 1.165) is 19.1 Å². The fourth-order valence-electron chi connectivity index (χ4n) is 1.76. The summed E-state index contributed by atoms with van der Waals surface area (Å²) in [7, 11) is 0. The van der Waals surface area contributed by atoms with Crippen molar-refractivity contribution in [2.24, 2.45) is 0 Å². The van der Waals surface area contributed by atoms with Crippen molar-refractivity contribution in [3.8, 4) is 0 Å². The maximum atomic E-state index is 11.9. The lowest BCUT2D eigenvalue weighted by Gasteiger charge is -2.29. The molecular formula is C11H18BrNO3. The lowest BCUT2D eigenvalue weighted by atomic mass is 10.1. The van der Waals surface area contributed by atoms with Crippen molar-refractivity contribution in [1.29, 1.82) is 0 Å². The van der Waals surface area contributed by atoms with Gasteiger partial charge in [-0.1, -0.05) is 15.9 Å². The molecule has 0 radical (unpaired) electrons. The molecule has 0 N–H and O–H groups in total. The molecule has 92 valence electrons. The van der Waals surface area contributed by atoms with Gasteiger partial charge >= 0.3 is 6.09 Å². The van der Waals surface area contributed by atoms with Gasteiger partial charge in [0.15, 0.2) is 0 Å². The number of carbonyl (C=O) groups is 2. The van der Waals surface area contributed by atoms with E-state index in [0.29, 0.717) is 6.54 Å². The van der Waals surface area contributed by atoms with E-state index >= 15 is 0 Å². The third kappa shape index (κ3) is 3.47. The maximum Gasteiger partial charge on any atom is 0.410 e. The van der Waals surface area contributed by atoms with E-state index < -0.39 is 5.60 Å². The Morgan fingerprint density at radius 3 is 2.69 bits per heavy atom. The molecule has 0 aliphatic carbocycles. The fraction of sp³-hybridized carbons (Fsp3) is 0.818. The van der Waals surface area contributed by atoms with E-state index in [2.05, 4.69) is 15.9 Å². The number of alkyl halides is 1. The zero-order valence-electron chi connectivity index (χ0n) is 9.90. The van der Waals surface area contributed by atoms with Crippen molar-refractivity contribution in [2.75, 3.05) is 6.54 Å². The molecule has 0 spiro atoms. The van der Waals surface area contributed by atoms with E-state index in [1.165, 1.54) is 0 Å². The van der Waals surface area contributed by atoms with Crippen LogP contribution in [0.2, 0.25) is 0 Å². The summed E-state index contributed by atoms with van der Waals surface area (Å²) in [6, 6.07) is -0.0765. The van der Waals surface area contributed by atoms with Crippen molar-refractivity contribution >= 4 is 28.3 Å². The third-order valence-electron chi connectivity index (χ3n) is 2.42. The summed E-state index contributed by atoms with van der Waals surface area (Å²) in [6.45, 7) is 6.17. The average Bonchev–Trinajstić information content (AvgIpc) is 2.62. The summed E-state index contributed by atoms with van der Waals surface area (Å²) < 4.78 is 5.30. The first-order chi connectivity index (χ1) is 7.35. The van der Waals surface area contributed by atoms with Gasteiger partial charge in [-0.3, -0.25) is 0 Å². The molecule has 1 rings (SSSR count). The Kier molecular flexibility index (Phi) is 4.35. The number of carbonyl (C=O) groups excluding carboxylic acids is 2. The Morgan fingerprint density at radius 1 is 1.56 bits per heavy atom. The second-order valence-electron chi connectivity index (χ2n) is 4.96. The summed E-state index contributed by atoms with van der Waals surface area (Å²) in [4.78, 5) is 23.9. The van der Waals surface area contributed by atoms with Gasteiger partial charge in [-0.2, -0.15) is 0 Å². The number of rotatable bonds is 2. The van der Waals surface area contributed by atoms with E-state index in [1.54, 1.807) is 4.90 Å². The van der Waals surface area contributed by atoms with Crippen LogP contribution >= 0.6 is 15.9 Å². The van der Waals surface area contributed by atoms with Gasteiger partial charge in [-0.15, -0.1) is 0 Å². The number of likely N-dealkylation sites (tertiary alicyclic amines) is 1.